The van der Waals surface area contributed by atoms with Crippen molar-refractivity contribution in [2.45, 2.75) is 13.3 Å². The Hall–Kier alpha value is -2.03. The lowest BCUT2D eigenvalue weighted by molar-refractivity contribution is 0.318. The van der Waals surface area contributed by atoms with Crippen molar-refractivity contribution in [3.63, 3.8) is 0 Å². The predicted octanol–water partition coefficient (Wildman–Crippen LogP) is 3.99. The largest absolute Gasteiger partial charge is 0.507 e. The fourth-order valence-electron chi connectivity index (χ4n) is 1.75. The normalized spacial score (nSPS) is 10.3. The number of benzene rings is 2. The molecule has 0 saturated carbocycles. The van der Waals surface area contributed by atoms with Gasteiger partial charge in [-0.05, 0) is 30.7 Å². The van der Waals surface area contributed by atoms with E-state index in [-0.39, 0.29) is 11.6 Å². The molecule has 1 N–H and O–H groups in total. The third kappa shape index (κ3) is 2.62. The molecule has 18 heavy (non-hydrogen) atoms. The summed E-state index contributed by atoms with van der Waals surface area (Å²) in [5.41, 5.74) is 1.14. The highest BCUT2D eigenvalue weighted by Gasteiger charge is 2.10. The summed E-state index contributed by atoms with van der Waals surface area (Å²) >= 11 is 0. The van der Waals surface area contributed by atoms with Gasteiger partial charge in [0, 0.05) is 11.1 Å². The Kier molecular flexibility index (Phi) is 3.82. The first-order valence-corrected chi connectivity index (χ1v) is 5.93. The van der Waals surface area contributed by atoms with Crippen LogP contribution in [0.3, 0.4) is 0 Å². The van der Waals surface area contributed by atoms with Gasteiger partial charge >= 0.3 is 0 Å². The first kappa shape index (κ1) is 12.4. The monoisotopic (exact) mass is 246 g/mol. The molecule has 0 saturated heterocycles. The van der Waals surface area contributed by atoms with Crippen LogP contribution in [-0.2, 0) is 0 Å². The second-order valence-corrected chi connectivity index (χ2v) is 4.01. The standard InChI is InChI=1S/C15H15FO2/c1-2-9-18-15-6-4-3-5-12(15)13-10-11(16)7-8-14(13)17/h3-8,10,17H,2,9H2,1H3. The molecule has 2 rings (SSSR count). The van der Waals surface area contributed by atoms with Crippen molar-refractivity contribution >= 4 is 0 Å². The molecule has 0 atom stereocenters. The van der Waals surface area contributed by atoms with Gasteiger partial charge in [0.2, 0.25) is 0 Å². The highest BCUT2D eigenvalue weighted by molar-refractivity contribution is 5.75. The van der Waals surface area contributed by atoms with E-state index in [0.29, 0.717) is 23.5 Å². The molecule has 0 amide bonds. The van der Waals surface area contributed by atoms with Crippen LogP contribution >= 0.6 is 0 Å². The Bertz CT molecular complexity index is 538. The number of hydrogen-bond acceptors (Lipinski definition) is 2. The van der Waals surface area contributed by atoms with Gasteiger partial charge < -0.3 is 9.84 Å². The van der Waals surface area contributed by atoms with Crippen LogP contribution in [-0.4, -0.2) is 11.7 Å². The van der Waals surface area contributed by atoms with Crippen LogP contribution in [0.2, 0.25) is 0 Å². The maximum atomic E-state index is 13.3. The van der Waals surface area contributed by atoms with E-state index in [9.17, 15) is 9.50 Å². The van der Waals surface area contributed by atoms with Crippen LogP contribution < -0.4 is 4.74 Å². The first-order chi connectivity index (χ1) is 8.72. The lowest BCUT2D eigenvalue weighted by Crippen LogP contribution is -1.97. The summed E-state index contributed by atoms with van der Waals surface area (Å²) < 4.78 is 18.9. The average Bonchev–Trinajstić information content (AvgIpc) is 2.39. The predicted molar refractivity (Wildman–Crippen MR) is 69.3 cm³/mol. The molecule has 0 bridgehead atoms. The van der Waals surface area contributed by atoms with Gasteiger partial charge in [0.1, 0.15) is 17.3 Å². The van der Waals surface area contributed by atoms with Gasteiger partial charge in [0.15, 0.2) is 0 Å². The molecule has 0 aliphatic carbocycles. The van der Waals surface area contributed by atoms with Gasteiger partial charge in [0.25, 0.3) is 0 Å². The minimum atomic E-state index is -0.381. The molecule has 0 aliphatic rings. The van der Waals surface area contributed by atoms with Crippen LogP contribution in [0.15, 0.2) is 42.5 Å². The van der Waals surface area contributed by atoms with Crippen LogP contribution in [0.5, 0.6) is 11.5 Å². The summed E-state index contributed by atoms with van der Waals surface area (Å²) in [6.45, 7) is 2.61. The van der Waals surface area contributed by atoms with Crippen molar-refractivity contribution in [1.29, 1.82) is 0 Å². The maximum Gasteiger partial charge on any atom is 0.127 e. The van der Waals surface area contributed by atoms with Crippen LogP contribution in [0, 0.1) is 5.82 Å². The number of aromatic hydroxyl groups is 1. The second-order valence-electron chi connectivity index (χ2n) is 4.01. The zero-order valence-electron chi connectivity index (χ0n) is 10.2. The third-order valence-corrected chi connectivity index (χ3v) is 2.60. The highest BCUT2D eigenvalue weighted by atomic mass is 19.1. The summed E-state index contributed by atoms with van der Waals surface area (Å²) in [5.74, 6) is 0.317. The summed E-state index contributed by atoms with van der Waals surface area (Å²) in [6.07, 6.45) is 0.892. The van der Waals surface area contributed by atoms with Crippen molar-refractivity contribution < 1.29 is 14.2 Å². The Morgan fingerprint density at radius 2 is 1.89 bits per heavy atom. The minimum absolute atomic E-state index is 0.0453. The van der Waals surface area contributed by atoms with E-state index < -0.39 is 0 Å². The minimum Gasteiger partial charge on any atom is -0.507 e. The van der Waals surface area contributed by atoms with Crippen LogP contribution in [0.25, 0.3) is 11.1 Å². The Morgan fingerprint density at radius 1 is 1.11 bits per heavy atom. The van der Waals surface area contributed by atoms with Crippen molar-refractivity contribution in [3.05, 3.63) is 48.3 Å². The fourth-order valence-corrected chi connectivity index (χ4v) is 1.75. The first-order valence-electron chi connectivity index (χ1n) is 5.93. The Labute approximate surface area is 106 Å². The van der Waals surface area contributed by atoms with E-state index in [1.165, 1.54) is 18.2 Å². The molecule has 94 valence electrons. The van der Waals surface area contributed by atoms with Crippen LogP contribution in [0.4, 0.5) is 4.39 Å². The Balaban J connectivity index is 2.46. The molecule has 0 heterocycles. The molecule has 0 spiro atoms. The molecule has 3 heteroatoms. The molecule has 2 aromatic rings. The average molecular weight is 246 g/mol. The van der Waals surface area contributed by atoms with E-state index in [1.807, 2.05) is 25.1 Å². The van der Waals surface area contributed by atoms with E-state index in [1.54, 1.807) is 6.07 Å². The number of phenolic OH excluding ortho intramolecular Hbond substituents is 1. The van der Waals surface area contributed by atoms with Gasteiger partial charge in [-0.3, -0.25) is 0 Å². The zero-order chi connectivity index (χ0) is 13.0. The van der Waals surface area contributed by atoms with E-state index in [4.69, 9.17) is 4.74 Å². The summed E-state index contributed by atoms with van der Waals surface area (Å²) in [7, 11) is 0. The zero-order valence-corrected chi connectivity index (χ0v) is 10.2. The number of halogens is 1. The van der Waals surface area contributed by atoms with Gasteiger partial charge in [-0.15, -0.1) is 0 Å². The van der Waals surface area contributed by atoms with Crippen molar-refractivity contribution in [3.8, 4) is 22.6 Å². The fraction of sp³-hybridized carbons (Fsp3) is 0.200. The van der Waals surface area contributed by atoms with E-state index >= 15 is 0 Å². The quantitative estimate of drug-likeness (QED) is 0.884. The van der Waals surface area contributed by atoms with E-state index in [2.05, 4.69) is 0 Å². The number of phenols is 1. The molecular weight excluding hydrogens is 231 g/mol. The lowest BCUT2D eigenvalue weighted by atomic mass is 10.0. The molecule has 0 unspecified atom stereocenters. The highest BCUT2D eigenvalue weighted by Crippen LogP contribution is 2.36. The van der Waals surface area contributed by atoms with Gasteiger partial charge in [-0.2, -0.15) is 0 Å². The molecular formula is C15H15FO2. The van der Waals surface area contributed by atoms with Crippen molar-refractivity contribution in [1.82, 2.24) is 0 Å². The summed E-state index contributed by atoms with van der Waals surface area (Å²) in [6, 6.07) is 11.2. The molecule has 0 radical (unpaired) electrons. The SMILES string of the molecule is CCCOc1ccccc1-c1cc(F)ccc1O. The summed E-state index contributed by atoms with van der Waals surface area (Å²) in [5, 5.41) is 9.82. The second kappa shape index (κ2) is 5.54. The van der Waals surface area contributed by atoms with E-state index in [0.717, 1.165) is 6.42 Å². The number of para-hydroxylation sites is 1. The number of hydrogen-bond donors (Lipinski definition) is 1. The lowest BCUT2D eigenvalue weighted by Gasteiger charge is -2.12. The van der Waals surface area contributed by atoms with Crippen molar-refractivity contribution in [2.24, 2.45) is 0 Å². The van der Waals surface area contributed by atoms with Gasteiger partial charge in [0.05, 0.1) is 6.61 Å². The smallest absolute Gasteiger partial charge is 0.127 e. The topological polar surface area (TPSA) is 29.5 Å². The molecule has 0 aliphatic heterocycles. The number of rotatable bonds is 4. The molecule has 0 fully saturated rings. The van der Waals surface area contributed by atoms with Crippen molar-refractivity contribution in [2.75, 3.05) is 6.61 Å². The maximum absolute atomic E-state index is 13.3. The molecule has 2 nitrogen and oxygen atoms in total. The van der Waals surface area contributed by atoms with Gasteiger partial charge in [-0.25, -0.2) is 4.39 Å². The van der Waals surface area contributed by atoms with Gasteiger partial charge in [-0.1, -0.05) is 25.1 Å². The number of ether oxygens (including phenoxy) is 1. The molecule has 0 aromatic heterocycles. The molecule has 2 aromatic carbocycles. The Morgan fingerprint density at radius 3 is 2.67 bits per heavy atom. The summed E-state index contributed by atoms with van der Waals surface area (Å²) in [4.78, 5) is 0. The van der Waals surface area contributed by atoms with Crippen LogP contribution in [0.1, 0.15) is 13.3 Å². The third-order valence-electron chi connectivity index (χ3n) is 2.60.